The molecule has 1 N–H and O–H groups in total. The van der Waals surface area contributed by atoms with Crippen LogP contribution in [0.1, 0.15) is 29.3 Å². The van der Waals surface area contributed by atoms with Gasteiger partial charge in [0.15, 0.2) is 0 Å². The summed E-state index contributed by atoms with van der Waals surface area (Å²) < 4.78 is 6.08. The Labute approximate surface area is 171 Å². The van der Waals surface area contributed by atoms with Gasteiger partial charge in [0, 0.05) is 41.8 Å². The van der Waals surface area contributed by atoms with Crippen LogP contribution in [0.2, 0.25) is 0 Å². The third-order valence-corrected chi connectivity index (χ3v) is 6.05. The van der Waals surface area contributed by atoms with Gasteiger partial charge in [-0.25, -0.2) is 0 Å². The number of aryl methyl sites for hydroxylation is 1. The number of carbonyl (C=O) groups excluding carboxylic acids is 1. The zero-order valence-corrected chi connectivity index (χ0v) is 17.1. The van der Waals surface area contributed by atoms with Gasteiger partial charge in [-0.2, -0.15) is 0 Å². The van der Waals surface area contributed by atoms with Gasteiger partial charge in [-0.15, -0.1) is 0 Å². The highest BCUT2D eigenvalue weighted by Crippen LogP contribution is 2.28. The van der Waals surface area contributed by atoms with Gasteiger partial charge >= 0.3 is 0 Å². The van der Waals surface area contributed by atoms with Crippen LogP contribution < -0.4 is 4.74 Å². The molecular weight excluding hydrogens is 362 g/mol. The second-order valence-electron chi connectivity index (χ2n) is 8.40. The fourth-order valence-electron chi connectivity index (χ4n) is 4.69. The predicted molar refractivity (Wildman–Crippen MR) is 114 cm³/mol. The lowest BCUT2D eigenvalue weighted by atomic mass is 10.0. The van der Waals surface area contributed by atoms with Crippen LogP contribution in [0.4, 0.5) is 0 Å². The molecule has 29 heavy (non-hydrogen) atoms. The summed E-state index contributed by atoms with van der Waals surface area (Å²) in [5.74, 6) is 1.14. The first-order valence-electron chi connectivity index (χ1n) is 10.4. The largest absolute Gasteiger partial charge is 0.489 e. The molecule has 150 valence electrons. The van der Waals surface area contributed by atoms with Crippen molar-refractivity contribution >= 4 is 16.8 Å². The Kier molecular flexibility index (Phi) is 4.55. The van der Waals surface area contributed by atoms with E-state index in [9.17, 15) is 4.79 Å². The van der Waals surface area contributed by atoms with Crippen LogP contribution in [0.15, 0.2) is 42.5 Å². The van der Waals surface area contributed by atoms with Crippen molar-refractivity contribution in [3.05, 3.63) is 64.8 Å². The highest BCUT2D eigenvalue weighted by atomic mass is 16.5. The van der Waals surface area contributed by atoms with Crippen molar-refractivity contribution in [2.45, 2.75) is 39.5 Å². The minimum absolute atomic E-state index is 0.0634. The number of hydrogen-bond acceptors (Lipinski definition) is 3. The van der Waals surface area contributed by atoms with Crippen molar-refractivity contribution in [3.8, 4) is 5.75 Å². The molecule has 2 aromatic carbocycles. The van der Waals surface area contributed by atoms with E-state index in [1.807, 2.05) is 4.90 Å². The molecule has 3 heterocycles. The molecule has 5 nitrogen and oxygen atoms in total. The van der Waals surface area contributed by atoms with Gasteiger partial charge in [-0.1, -0.05) is 35.9 Å². The van der Waals surface area contributed by atoms with Crippen LogP contribution in [0.25, 0.3) is 10.9 Å². The van der Waals surface area contributed by atoms with Crippen LogP contribution in [0.5, 0.6) is 5.75 Å². The number of aromatic amines is 1. The van der Waals surface area contributed by atoms with E-state index in [-0.39, 0.29) is 12.0 Å². The van der Waals surface area contributed by atoms with Gasteiger partial charge in [0.25, 0.3) is 0 Å². The lowest BCUT2D eigenvalue weighted by Crippen LogP contribution is -2.44. The van der Waals surface area contributed by atoms with Crippen molar-refractivity contribution in [2.24, 2.45) is 0 Å². The number of carbonyl (C=O) groups is 1. The van der Waals surface area contributed by atoms with E-state index in [2.05, 4.69) is 66.2 Å². The van der Waals surface area contributed by atoms with Gasteiger partial charge in [-0.3, -0.25) is 9.69 Å². The highest BCUT2D eigenvalue weighted by molar-refractivity contribution is 5.86. The molecule has 5 heteroatoms. The highest BCUT2D eigenvalue weighted by Gasteiger charge is 2.27. The van der Waals surface area contributed by atoms with Crippen molar-refractivity contribution in [1.29, 1.82) is 0 Å². The molecule has 1 amide bonds. The summed E-state index contributed by atoms with van der Waals surface area (Å²) in [7, 11) is 0. The number of benzene rings is 2. The van der Waals surface area contributed by atoms with Gasteiger partial charge in [0.1, 0.15) is 11.9 Å². The summed E-state index contributed by atoms with van der Waals surface area (Å²) in [4.78, 5) is 20.8. The second-order valence-corrected chi connectivity index (χ2v) is 8.40. The van der Waals surface area contributed by atoms with E-state index in [4.69, 9.17) is 4.74 Å². The van der Waals surface area contributed by atoms with E-state index in [0.29, 0.717) is 13.1 Å². The summed E-state index contributed by atoms with van der Waals surface area (Å²) in [6.07, 6.45) is 0.973. The molecule has 2 aliphatic rings. The third-order valence-electron chi connectivity index (χ3n) is 6.05. The molecule has 2 aliphatic heterocycles. The van der Waals surface area contributed by atoms with Crippen LogP contribution >= 0.6 is 0 Å². The first kappa shape index (κ1) is 18.3. The van der Waals surface area contributed by atoms with Gasteiger partial charge in [0.2, 0.25) is 5.91 Å². The maximum Gasteiger partial charge on any atom is 0.237 e. The maximum atomic E-state index is 13.1. The summed E-state index contributed by atoms with van der Waals surface area (Å²) in [6, 6.07) is 14.7. The molecule has 1 atom stereocenters. The van der Waals surface area contributed by atoms with E-state index in [0.717, 1.165) is 37.3 Å². The molecule has 0 aliphatic carbocycles. The third kappa shape index (κ3) is 3.51. The lowest BCUT2D eigenvalue weighted by molar-refractivity contribution is -0.133. The number of para-hydroxylation sites is 1. The topological polar surface area (TPSA) is 48.6 Å². The number of ether oxygens (including phenoxy) is 1. The molecule has 0 unspecified atom stereocenters. The summed E-state index contributed by atoms with van der Waals surface area (Å²) in [6.45, 7) is 7.54. The zero-order valence-electron chi connectivity index (χ0n) is 17.1. The Morgan fingerprint density at radius 1 is 1.21 bits per heavy atom. The number of nitrogens with one attached hydrogen (secondary N) is 1. The molecule has 0 radical (unpaired) electrons. The average molecular weight is 389 g/mol. The van der Waals surface area contributed by atoms with Crippen molar-refractivity contribution in [1.82, 2.24) is 14.8 Å². The molecule has 1 aromatic heterocycles. The quantitative estimate of drug-likeness (QED) is 0.728. The van der Waals surface area contributed by atoms with Crippen molar-refractivity contribution in [2.75, 3.05) is 19.6 Å². The standard InChI is InChI=1S/C24H27N3O2/c1-16-7-8-23-18(11-16)13-26(12-17(2)29-23)15-24(28)27-10-9-20-19-5-3-4-6-21(19)25-22(20)14-27/h3-8,11,17,25H,9-10,12-15H2,1-2H3/t17-/m1/s1. The minimum atomic E-state index is 0.0634. The fourth-order valence-corrected chi connectivity index (χ4v) is 4.69. The minimum Gasteiger partial charge on any atom is -0.489 e. The maximum absolute atomic E-state index is 13.1. The number of rotatable bonds is 2. The number of nitrogens with zero attached hydrogens (tertiary/aromatic N) is 2. The molecule has 0 spiro atoms. The Morgan fingerprint density at radius 3 is 2.97 bits per heavy atom. The Morgan fingerprint density at radius 2 is 2.07 bits per heavy atom. The number of fused-ring (bicyclic) bond motifs is 4. The van der Waals surface area contributed by atoms with Crippen LogP contribution in [0, 0.1) is 6.92 Å². The summed E-state index contributed by atoms with van der Waals surface area (Å²) in [5.41, 5.74) is 6.09. The fraction of sp³-hybridized carbons (Fsp3) is 0.375. The lowest BCUT2D eigenvalue weighted by Gasteiger charge is -2.30. The molecule has 0 saturated carbocycles. The average Bonchev–Trinajstić information content (AvgIpc) is 2.99. The smallest absolute Gasteiger partial charge is 0.237 e. The van der Waals surface area contributed by atoms with Crippen molar-refractivity contribution in [3.63, 3.8) is 0 Å². The van der Waals surface area contributed by atoms with Gasteiger partial charge in [0.05, 0.1) is 13.1 Å². The number of H-pyrrole nitrogens is 1. The Bertz CT molecular complexity index is 1070. The summed E-state index contributed by atoms with van der Waals surface area (Å²) >= 11 is 0. The van der Waals surface area contributed by atoms with Crippen molar-refractivity contribution < 1.29 is 9.53 Å². The van der Waals surface area contributed by atoms with Crippen LogP contribution in [-0.4, -0.2) is 46.4 Å². The Hall–Kier alpha value is -2.79. The van der Waals surface area contributed by atoms with E-state index in [1.165, 1.54) is 27.8 Å². The van der Waals surface area contributed by atoms with Crippen LogP contribution in [0.3, 0.4) is 0 Å². The molecule has 5 rings (SSSR count). The summed E-state index contributed by atoms with van der Waals surface area (Å²) in [5, 5.41) is 1.29. The number of hydrogen-bond donors (Lipinski definition) is 1. The second kappa shape index (κ2) is 7.23. The van der Waals surface area contributed by atoms with Crippen LogP contribution in [-0.2, 0) is 24.3 Å². The number of amides is 1. The molecular formula is C24H27N3O2. The van der Waals surface area contributed by atoms with E-state index >= 15 is 0 Å². The Balaban J connectivity index is 1.31. The molecule has 3 aromatic rings. The molecule has 0 saturated heterocycles. The van der Waals surface area contributed by atoms with Gasteiger partial charge < -0.3 is 14.6 Å². The normalized spacial score (nSPS) is 19.4. The molecule has 0 fully saturated rings. The predicted octanol–water partition coefficient (Wildman–Crippen LogP) is 3.64. The zero-order chi connectivity index (χ0) is 20.0. The van der Waals surface area contributed by atoms with Gasteiger partial charge in [-0.05, 0) is 38.0 Å². The molecule has 0 bridgehead atoms. The SMILES string of the molecule is Cc1ccc2c(c1)CN(CC(=O)N1CCc3c([nH]c4ccccc34)C1)C[C@@H](C)O2. The number of aromatic nitrogens is 1. The first-order valence-corrected chi connectivity index (χ1v) is 10.4. The first-order chi connectivity index (χ1) is 14.1. The van der Waals surface area contributed by atoms with E-state index in [1.54, 1.807) is 0 Å². The van der Waals surface area contributed by atoms with E-state index < -0.39 is 0 Å². The monoisotopic (exact) mass is 389 g/mol.